The van der Waals surface area contributed by atoms with Gasteiger partial charge in [-0.3, -0.25) is 0 Å². The van der Waals surface area contributed by atoms with Crippen LogP contribution in [-0.4, -0.2) is 29.2 Å². The number of hydrogen-bond acceptors (Lipinski definition) is 3. The van der Waals surface area contributed by atoms with Gasteiger partial charge in [-0.1, -0.05) is 6.07 Å². The van der Waals surface area contributed by atoms with Gasteiger partial charge in [-0.2, -0.15) is 0 Å². The molecule has 0 heterocycles. The van der Waals surface area contributed by atoms with Gasteiger partial charge in [0.1, 0.15) is 0 Å². The standard InChI is InChI=1S/C12H17NO2/c1-13(2)10-5-3-4-9-8(10)6-7-11(14)12(9)15/h6-7,10,14-15H,3-5H2,1-2H3. The monoisotopic (exact) mass is 207 g/mol. The third-order valence-corrected chi connectivity index (χ3v) is 3.18. The highest BCUT2D eigenvalue weighted by Gasteiger charge is 2.24. The van der Waals surface area contributed by atoms with Crippen molar-refractivity contribution < 1.29 is 10.2 Å². The lowest BCUT2D eigenvalue weighted by atomic mass is 9.86. The molecule has 0 saturated heterocycles. The molecule has 0 bridgehead atoms. The smallest absolute Gasteiger partial charge is 0.161 e. The van der Waals surface area contributed by atoms with Crippen molar-refractivity contribution in [2.75, 3.05) is 14.1 Å². The largest absolute Gasteiger partial charge is 0.504 e. The average Bonchev–Trinajstić information content (AvgIpc) is 2.23. The van der Waals surface area contributed by atoms with Gasteiger partial charge < -0.3 is 15.1 Å². The van der Waals surface area contributed by atoms with E-state index in [2.05, 4.69) is 4.90 Å². The maximum atomic E-state index is 9.77. The van der Waals surface area contributed by atoms with Crippen LogP contribution in [0.5, 0.6) is 11.5 Å². The predicted molar refractivity (Wildman–Crippen MR) is 59.1 cm³/mol. The zero-order valence-electron chi connectivity index (χ0n) is 9.20. The molecule has 3 heteroatoms. The number of nitrogens with zero attached hydrogens (tertiary/aromatic N) is 1. The van der Waals surface area contributed by atoms with Crippen LogP contribution in [0, 0.1) is 0 Å². The molecular formula is C12H17NO2. The minimum absolute atomic E-state index is 0.00634. The van der Waals surface area contributed by atoms with Gasteiger partial charge in [0.2, 0.25) is 0 Å². The van der Waals surface area contributed by atoms with Crippen molar-refractivity contribution in [2.24, 2.45) is 0 Å². The second kappa shape index (κ2) is 3.74. The summed E-state index contributed by atoms with van der Waals surface area (Å²) >= 11 is 0. The minimum Gasteiger partial charge on any atom is -0.504 e. The van der Waals surface area contributed by atoms with E-state index in [4.69, 9.17) is 0 Å². The highest BCUT2D eigenvalue weighted by molar-refractivity contribution is 5.50. The molecule has 1 aromatic carbocycles. The van der Waals surface area contributed by atoms with Gasteiger partial charge in [0.15, 0.2) is 11.5 Å². The lowest BCUT2D eigenvalue weighted by Gasteiger charge is -2.31. The number of phenols is 2. The molecule has 1 unspecified atom stereocenters. The van der Waals surface area contributed by atoms with E-state index in [-0.39, 0.29) is 11.5 Å². The molecule has 0 saturated carbocycles. The molecule has 15 heavy (non-hydrogen) atoms. The first-order chi connectivity index (χ1) is 7.11. The quantitative estimate of drug-likeness (QED) is 0.692. The molecule has 0 aliphatic heterocycles. The lowest BCUT2D eigenvalue weighted by molar-refractivity contribution is 0.265. The van der Waals surface area contributed by atoms with Crippen LogP contribution in [0.25, 0.3) is 0 Å². The molecule has 82 valence electrons. The number of benzene rings is 1. The SMILES string of the molecule is CN(C)C1CCCc2c1ccc(O)c2O. The van der Waals surface area contributed by atoms with Crippen molar-refractivity contribution in [3.05, 3.63) is 23.3 Å². The van der Waals surface area contributed by atoms with Crippen molar-refractivity contribution in [3.63, 3.8) is 0 Å². The van der Waals surface area contributed by atoms with Crippen LogP contribution in [-0.2, 0) is 6.42 Å². The molecule has 2 N–H and O–H groups in total. The second-order valence-electron chi connectivity index (χ2n) is 4.37. The molecule has 3 nitrogen and oxygen atoms in total. The Balaban J connectivity index is 2.49. The van der Waals surface area contributed by atoms with Crippen LogP contribution in [0.2, 0.25) is 0 Å². The number of hydrogen-bond donors (Lipinski definition) is 2. The Hall–Kier alpha value is -1.22. The summed E-state index contributed by atoms with van der Waals surface area (Å²) in [6, 6.07) is 3.87. The summed E-state index contributed by atoms with van der Waals surface area (Å²) in [4.78, 5) is 2.16. The molecule has 1 aromatic rings. The topological polar surface area (TPSA) is 43.7 Å². The summed E-state index contributed by atoms with van der Waals surface area (Å²) in [6.07, 6.45) is 3.04. The Bertz CT molecular complexity index is 374. The number of aromatic hydroxyl groups is 2. The van der Waals surface area contributed by atoms with Crippen LogP contribution < -0.4 is 0 Å². The fourth-order valence-corrected chi connectivity index (χ4v) is 2.38. The molecule has 1 aliphatic carbocycles. The predicted octanol–water partition coefficient (Wildman–Crippen LogP) is 2.04. The lowest BCUT2D eigenvalue weighted by Crippen LogP contribution is -2.24. The van der Waals surface area contributed by atoms with Crippen LogP contribution >= 0.6 is 0 Å². The summed E-state index contributed by atoms with van der Waals surface area (Å²) in [7, 11) is 4.09. The van der Waals surface area contributed by atoms with Crippen LogP contribution in [0.1, 0.15) is 30.0 Å². The van der Waals surface area contributed by atoms with Crippen molar-refractivity contribution in [1.82, 2.24) is 4.90 Å². The Morgan fingerprint density at radius 2 is 2.00 bits per heavy atom. The summed E-state index contributed by atoms with van der Waals surface area (Å²) in [5, 5.41) is 19.2. The normalized spacial score (nSPS) is 20.3. The molecule has 0 spiro atoms. The highest BCUT2D eigenvalue weighted by atomic mass is 16.3. The average molecular weight is 207 g/mol. The van der Waals surface area contributed by atoms with E-state index in [1.807, 2.05) is 20.2 Å². The summed E-state index contributed by atoms with van der Waals surface area (Å²) in [5.74, 6) is 0.0622. The fourth-order valence-electron chi connectivity index (χ4n) is 2.38. The van der Waals surface area contributed by atoms with E-state index in [9.17, 15) is 10.2 Å². The maximum absolute atomic E-state index is 9.77. The molecular weight excluding hydrogens is 190 g/mol. The molecule has 1 aliphatic rings. The zero-order chi connectivity index (χ0) is 11.0. The van der Waals surface area contributed by atoms with Crippen molar-refractivity contribution in [1.29, 1.82) is 0 Å². The summed E-state index contributed by atoms with van der Waals surface area (Å²) in [5.41, 5.74) is 2.07. The van der Waals surface area contributed by atoms with Gasteiger partial charge in [0.25, 0.3) is 0 Å². The van der Waals surface area contributed by atoms with E-state index >= 15 is 0 Å². The van der Waals surface area contributed by atoms with Crippen LogP contribution in [0.3, 0.4) is 0 Å². The number of phenolic OH excluding ortho intramolecular Hbond substituents is 2. The molecule has 2 rings (SSSR count). The van der Waals surface area contributed by atoms with Gasteiger partial charge in [0.05, 0.1) is 0 Å². The fraction of sp³-hybridized carbons (Fsp3) is 0.500. The Kier molecular flexibility index (Phi) is 2.57. The van der Waals surface area contributed by atoms with Gasteiger partial charge >= 0.3 is 0 Å². The molecule has 0 aromatic heterocycles. The molecule has 0 radical (unpaired) electrons. The van der Waals surface area contributed by atoms with E-state index in [0.717, 1.165) is 30.4 Å². The minimum atomic E-state index is -0.00634. The van der Waals surface area contributed by atoms with Gasteiger partial charge in [-0.15, -0.1) is 0 Å². The van der Waals surface area contributed by atoms with E-state index < -0.39 is 0 Å². The number of fused-ring (bicyclic) bond motifs is 1. The third kappa shape index (κ3) is 1.67. The first kappa shape index (κ1) is 10.3. The maximum Gasteiger partial charge on any atom is 0.161 e. The van der Waals surface area contributed by atoms with Gasteiger partial charge in [-0.25, -0.2) is 0 Å². The van der Waals surface area contributed by atoms with E-state index in [1.165, 1.54) is 0 Å². The zero-order valence-corrected chi connectivity index (χ0v) is 9.20. The number of rotatable bonds is 1. The van der Waals surface area contributed by atoms with Crippen molar-refractivity contribution >= 4 is 0 Å². The highest BCUT2D eigenvalue weighted by Crippen LogP contribution is 2.41. The first-order valence-corrected chi connectivity index (χ1v) is 5.31. The Morgan fingerprint density at radius 3 is 2.67 bits per heavy atom. The molecule has 0 amide bonds. The molecule has 1 atom stereocenters. The Morgan fingerprint density at radius 1 is 1.27 bits per heavy atom. The van der Waals surface area contributed by atoms with Crippen molar-refractivity contribution in [2.45, 2.75) is 25.3 Å². The second-order valence-corrected chi connectivity index (χ2v) is 4.37. The first-order valence-electron chi connectivity index (χ1n) is 5.31. The third-order valence-electron chi connectivity index (χ3n) is 3.18. The van der Waals surface area contributed by atoms with Crippen LogP contribution in [0.15, 0.2) is 12.1 Å². The molecule has 0 fully saturated rings. The van der Waals surface area contributed by atoms with Crippen LogP contribution in [0.4, 0.5) is 0 Å². The van der Waals surface area contributed by atoms with E-state index in [0.29, 0.717) is 6.04 Å². The summed E-state index contributed by atoms with van der Waals surface area (Å²) in [6.45, 7) is 0. The Labute approximate surface area is 90.0 Å². The summed E-state index contributed by atoms with van der Waals surface area (Å²) < 4.78 is 0. The van der Waals surface area contributed by atoms with Gasteiger partial charge in [0, 0.05) is 11.6 Å². The van der Waals surface area contributed by atoms with Crippen molar-refractivity contribution in [3.8, 4) is 11.5 Å². The van der Waals surface area contributed by atoms with Gasteiger partial charge in [-0.05, 0) is 45.0 Å². The van der Waals surface area contributed by atoms with E-state index in [1.54, 1.807) is 6.07 Å².